The number of halogens is 2. The molecule has 0 amide bonds. The monoisotopic (exact) mass is 388 g/mol. The highest BCUT2D eigenvalue weighted by Gasteiger charge is 2.31. The van der Waals surface area contributed by atoms with Gasteiger partial charge in [-0.25, -0.2) is 17.5 Å². The lowest BCUT2D eigenvalue weighted by atomic mass is 10.00. The zero-order valence-electron chi connectivity index (χ0n) is 13.9. The molecule has 6 nitrogen and oxygen atoms in total. The third kappa shape index (κ3) is 4.20. The molecule has 1 atom stereocenters. The molecule has 0 aliphatic carbocycles. The summed E-state index contributed by atoms with van der Waals surface area (Å²) in [7, 11) is -1.75. The minimum absolute atomic E-state index is 0. The first-order chi connectivity index (χ1) is 11.5. The summed E-state index contributed by atoms with van der Waals surface area (Å²) >= 11 is 0. The molecule has 138 valence electrons. The Labute approximate surface area is 153 Å². The van der Waals surface area contributed by atoms with Crippen LogP contribution >= 0.6 is 12.4 Å². The van der Waals surface area contributed by atoms with Crippen molar-refractivity contribution in [2.75, 3.05) is 26.7 Å². The zero-order valence-corrected chi connectivity index (χ0v) is 15.6. The van der Waals surface area contributed by atoms with Crippen LogP contribution in [-0.2, 0) is 10.0 Å². The lowest BCUT2D eigenvalue weighted by Gasteiger charge is -2.31. The van der Waals surface area contributed by atoms with Gasteiger partial charge < -0.3 is 5.32 Å². The van der Waals surface area contributed by atoms with Gasteiger partial charge in [-0.15, -0.1) is 12.4 Å². The second-order valence-electron chi connectivity index (χ2n) is 6.00. The fraction of sp³-hybridized carbons (Fsp3) is 0.438. The summed E-state index contributed by atoms with van der Waals surface area (Å²) in [6.45, 7) is 1.79. The quantitative estimate of drug-likeness (QED) is 0.851. The molecule has 0 radical (unpaired) electrons. The Balaban J connectivity index is 0.00000225. The number of nitrogens with one attached hydrogen (secondary N) is 1. The lowest BCUT2D eigenvalue weighted by molar-refractivity contribution is 0.263. The second kappa shape index (κ2) is 8.27. The Hall–Kier alpha value is -1.48. The van der Waals surface area contributed by atoms with Crippen molar-refractivity contribution in [2.24, 2.45) is 5.92 Å². The van der Waals surface area contributed by atoms with E-state index < -0.39 is 15.8 Å². The fourth-order valence-corrected chi connectivity index (χ4v) is 4.55. The van der Waals surface area contributed by atoms with Gasteiger partial charge in [-0.3, -0.25) is 0 Å². The van der Waals surface area contributed by atoms with Crippen LogP contribution in [0.5, 0.6) is 0 Å². The molecule has 1 aromatic carbocycles. The van der Waals surface area contributed by atoms with Crippen LogP contribution in [-0.4, -0.2) is 49.2 Å². The van der Waals surface area contributed by atoms with Crippen molar-refractivity contribution in [2.45, 2.75) is 17.7 Å². The van der Waals surface area contributed by atoms with Gasteiger partial charge in [0.1, 0.15) is 16.4 Å². The number of hydrogen-bond acceptors (Lipinski definition) is 4. The maximum Gasteiger partial charge on any atom is 0.246 e. The predicted octanol–water partition coefficient (Wildman–Crippen LogP) is 2.05. The summed E-state index contributed by atoms with van der Waals surface area (Å²) in [5, 5.41) is 7.12. The molecule has 1 aliphatic heterocycles. The van der Waals surface area contributed by atoms with Crippen molar-refractivity contribution in [1.82, 2.24) is 19.4 Å². The van der Waals surface area contributed by atoms with Gasteiger partial charge in [-0.05, 0) is 44.5 Å². The molecule has 2 heterocycles. The van der Waals surface area contributed by atoms with E-state index in [2.05, 4.69) is 10.4 Å². The van der Waals surface area contributed by atoms with E-state index in [0.29, 0.717) is 19.0 Å². The number of rotatable bonds is 5. The van der Waals surface area contributed by atoms with Crippen molar-refractivity contribution in [3.63, 3.8) is 0 Å². The van der Waals surface area contributed by atoms with Gasteiger partial charge in [0, 0.05) is 13.1 Å². The molecule has 1 N–H and O–H groups in total. The molecule has 0 spiro atoms. The number of aromatic nitrogens is 2. The van der Waals surface area contributed by atoms with Crippen LogP contribution < -0.4 is 5.32 Å². The number of hydrogen-bond donors (Lipinski definition) is 1. The van der Waals surface area contributed by atoms with E-state index in [-0.39, 0.29) is 23.0 Å². The minimum atomic E-state index is -3.61. The summed E-state index contributed by atoms with van der Waals surface area (Å²) in [6, 6.07) is 6.14. The molecule has 0 saturated carbocycles. The van der Waals surface area contributed by atoms with E-state index in [0.717, 1.165) is 19.4 Å². The molecule has 1 unspecified atom stereocenters. The normalized spacial score (nSPS) is 18.7. The average molecular weight is 389 g/mol. The van der Waals surface area contributed by atoms with Crippen molar-refractivity contribution in [3.05, 3.63) is 42.5 Å². The SMILES string of the molecule is CNCC1CCCN(S(=O)(=O)c2cnn(-c3ccccc3F)c2)C1.Cl. The summed E-state index contributed by atoms with van der Waals surface area (Å²) < 4.78 is 42.3. The van der Waals surface area contributed by atoms with Gasteiger partial charge in [0.05, 0.1) is 12.4 Å². The number of para-hydroxylation sites is 1. The summed E-state index contributed by atoms with van der Waals surface area (Å²) in [5.41, 5.74) is 0.227. The van der Waals surface area contributed by atoms with Crippen LogP contribution in [0, 0.1) is 11.7 Å². The van der Waals surface area contributed by atoms with Crippen LogP contribution in [0.15, 0.2) is 41.6 Å². The van der Waals surface area contributed by atoms with Gasteiger partial charge in [-0.1, -0.05) is 12.1 Å². The maximum absolute atomic E-state index is 13.8. The fourth-order valence-electron chi connectivity index (χ4n) is 3.06. The molecule has 25 heavy (non-hydrogen) atoms. The largest absolute Gasteiger partial charge is 0.319 e. The molecule has 0 bridgehead atoms. The van der Waals surface area contributed by atoms with Crippen LogP contribution in [0.3, 0.4) is 0 Å². The minimum Gasteiger partial charge on any atom is -0.319 e. The Morgan fingerprint density at radius 1 is 1.36 bits per heavy atom. The van der Waals surface area contributed by atoms with Gasteiger partial charge in [0.15, 0.2) is 0 Å². The first-order valence-corrected chi connectivity index (χ1v) is 9.40. The van der Waals surface area contributed by atoms with Crippen molar-refractivity contribution < 1.29 is 12.8 Å². The van der Waals surface area contributed by atoms with Gasteiger partial charge >= 0.3 is 0 Å². The molecule has 1 aromatic heterocycles. The molecule has 9 heteroatoms. The number of nitrogens with zero attached hydrogens (tertiary/aromatic N) is 3. The highest BCUT2D eigenvalue weighted by Crippen LogP contribution is 2.24. The third-order valence-corrected chi connectivity index (χ3v) is 6.09. The standard InChI is InChI=1S/C16H21FN4O2S.ClH/c1-18-9-13-5-4-8-20(11-13)24(22,23)14-10-19-21(12-14)16-7-3-2-6-15(16)17;/h2-3,6-7,10,12-13,18H,4-5,8-9,11H2,1H3;1H. The Bertz CT molecular complexity index is 810. The molecule has 3 rings (SSSR count). The Morgan fingerprint density at radius 2 is 2.12 bits per heavy atom. The van der Waals surface area contributed by atoms with Gasteiger partial charge in [-0.2, -0.15) is 9.40 Å². The Morgan fingerprint density at radius 3 is 2.84 bits per heavy atom. The van der Waals surface area contributed by atoms with E-state index in [4.69, 9.17) is 0 Å². The van der Waals surface area contributed by atoms with E-state index in [1.807, 2.05) is 7.05 Å². The number of piperidine rings is 1. The van der Waals surface area contributed by atoms with E-state index in [9.17, 15) is 12.8 Å². The van der Waals surface area contributed by atoms with Crippen LogP contribution in [0.1, 0.15) is 12.8 Å². The van der Waals surface area contributed by atoms with Crippen LogP contribution in [0.4, 0.5) is 4.39 Å². The summed E-state index contributed by atoms with van der Waals surface area (Å²) in [5.74, 6) is -0.142. The topological polar surface area (TPSA) is 67.2 Å². The highest BCUT2D eigenvalue weighted by atomic mass is 35.5. The molecule has 2 aromatic rings. The van der Waals surface area contributed by atoms with Crippen molar-refractivity contribution in [3.8, 4) is 5.69 Å². The Kier molecular flexibility index (Phi) is 6.56. The predicted molar refractivity (Wildman–Crippen MR) is 96.2 cm³/mol. The molecule has 1 aliphatic rings. The van der Waals surface area contributed by atoms with Crippen LogP contribution in [0.25, 0.3) is 5.69 Å². The van der Waals surface area contributed by atoms with Crippen LogP contribution in [0.2, 0.25) is 0 Å². The summed E-state index contributed by atoms with van der Waals surface area (Å²) in [4.78, 5) is 0.0934. The third-order valence-electron chi connectivity index (χ3n) is 4.27. The summed E-state index contributed by atoms with van der Waals surface area (Å²) in [6.07, 6.45) is 4.51. The first kappa shape index (κ1) is 19.8. The van der Waals surface area contributed by atoms with Crippen molar-refractivity contribution in [1.29, 1.82) is 0 Å². The zero-order chi connectivity index (χ0) is 17.2. The van der Waals surface area contributed by atoms with Crippen molar-refractivity contribution >= 4 is 22.4 Å². The van der Waals surface area contributed by atoms with Gasteiger partial charge in [0.25, 0.3) is 0 Å². The van der Waals surface area contributed by atoms with E-state index in [1.54, 1.807) is 18.2 Å². The van der Waals surface area contributed by atoms with E-state index in [1.165, 1.54) is 27.4 Å². The highest BCUT2D eigenvalue weighted by molar-refractivity contribution is 7.89. The molecular weight excluding hydrogens is 367 g/mol. The molecular formula is C16H22ClFN4O2S. The smallest absolute Gasteiger partial charge is 0.246 e. The average Bonchev–Trinajstić information content (AvgIpc) is 3.06. The van der Waals surface area contributed by atoms with E-state index >= 15 is 0 Å². The lowest BCUT2D eigenvalue weighted by Crippen LogP contribution is -2.42. The maximum atomic E-state index is 13.8. The first-order valence-electron chi connectivity index (χ1n) is 7.96. The van der Waals surface area contributed by atoms with Gasteiger partial charge in [0.2, 0.25) is 10.0 Å². The number of sulfonamides is 1. The molecule has 1 fully saturated rings. The second-order valence-corrected chi connectivity index (χ2v) is 7.94. The molecule has 1 saturated heterocycles. The number of benzene rings is 1.